The number of benzene rings is 1. The minimum atomic E-state index is -0.232. The summed E-state index contributed by atoms with van der Waals surface area (Å²) in [6.45, 7) is 3.08. The van der Waals surface area contributed by atoms with E-state index >= 15 is 0 Å². The Hall–Kier alpha value is -2.22. The van der Waals surface area contributed by atoms with Crippen molar-refractivity contribution in [1.82, 2.24) is 10.4 Å². The van der Waals surface area contributed by atoms with E-state index in [1.807, 2.05) is 35.7 Å². The minimum Gasteiger partial charge on any atom is -0.378 e. The van der Waals surface area contributed by atoms with Crippen molar-refractivity contribution in [1.29, 1.82) is 0 Å². The van der Waals surface area contributed by atoms with E-state index in [0.717, 1.165) is 29.5 Å². The summed E-state index contributed by atoms with van der Waals surface area (Å²) in [6.07, 6.45) is 3.36. The molecule has 26 heavy (non-hydrogen) atoms. The Morgan fingerprint density at radius 2 is 2.12 bits per heavy atom. The van der Waals surface area contributed by atoms with Gasteiger partial charge in [-0.05, 0) is 11.6 Å². The van der Waals surface area contributed by atoms with Crippen LogP contribution in [0.25, 0.3) is 6.08 Å². The minimum absolute atomic E-state index is 0.179. The summed E-state index contributed by atoms with van der Waals surface area (Å²) in [4.78, 5) is 18.7. The molecule has 0 aliphatic carbocycles. The maximum absolute atomic E-state index is 12.0. The fourth-order valence-electron chi connectivity index (χ4n) is 2.39. The number of ether oxygens (including phenoxy) is 1. The number of morpholine rings is 1. The quantitative estimate of drug-likeness (QED) is 0.608. The molecular weight excluding hydrogens is 372 g/mol. The number of thiazole rings is 1. The van der Waals surface area contributed by atoms with E-state index in [1.54, 1.807) is 6.08 Å². The average Bonchev–Trinajstić information content (AvgIpc) is 3.11. The van der Waals surface area contributed by atoms with Crippen LogP contribution in [0.5, 0.6) is 0 Å². The number of halogens is 1. The third kappa shape index (κ3) is 5.66. The summed E-state index contributed by atoms with van der Waals surface area (Å²) in [6, 6.07) is 9.65. The van der Waals surface area contributed by atoms with Gasteiger partial charge in [0.05, 0.1) is 36.6 Å². The van der Waals surface area contributed by atoms with Crippen molar-refractivity contribution in [3.05, 3.63) is 52.0 Å². The molecule has 2 heterocycles. The van der Waals surface area contributed by atoms with Crippen molar-refractivity contribution < 1.29 is 9.53 Å². The van der Waals surface area contributed by atoms with Gasteiger partial charge < -0.3 is 9.64 Å². The number of rotatable bonds is 6. The fraction of sp³-hybridized carbons (Fsp3) is 0.278. The van der Waals surface area contributed by atoms with E-state index in [-0.39, 0.29) is 12.3 Å². The zero-order valence-corrected chi connectivity index (χ0v) is 15.7. The number of aromatic nitrogens is 1. The van der Waals surface area contributed by atoms with Gasteiger partial charge in [-0.1, -0.05) is 41.9 Å². The average molecular weight is 391 g/mol. The van der Waals surface area contributed by atoms with E-state index in [2.05, 4.69) is 20.4 Å². The van der Waals surface area contributed by atoms with Gasteiger partial charge in [0, 0.05) is 18.5 Å². The second-order valence-corrected chi connectivity index (χ2v) is 6.90. The number of hydrogen-bond donors (Lipinski definition) is 1. The second-order valence-electron chi connectivity index (χ2n) is 5.63. The first-order valence-corrected chi connectivity index (χ1v) is 9.48. The Morgan fingerprint density at radius 1 is 1.35 bits per heavy atom. The molecule has 0 saturated carbocycles. The number of allylic oxidation sites excluding steroid dienone is 1. The van der Waals surface area contributed by atoms with E-state index in [0.29, 0.717) is 18.2 Å². The number of carbonyl (C=O) groups excluding carboxylic acids is 1. The smallest absolute Gasteiger partial charge is 0.246 e. The molecule has 136 valence electrons. The summed E-state index contributed by atoms with van der Waals surface area (Å²) in [5.74, 6) is -0.232. The van der Waals surface area contributed by atoms with Crippen LogP contribution in [-0.4, -0.2) is 43.4 Å². The molecule has 0 unspecified atom stereocenters. The van der Waals surface area contributed by atoms with Crippen molar-refractivity contribution >= 4 is 46.3 Å². The number of carbonyl (C=O) groups is 1. The van der Waals surface area contributed by atoms with Gasteiger partial charge in [0.1, 0.15) is 0 Å². The molecule has 1 fully saturated rings. The normalized spacial score (nSPS) is 15.4. The topological polar surface area (TPSA) is 66.8 Å². The largest absolute Gasteiger partial charge is 0.378 e. The van der Waals surface area contributed by atoms with Gasteiger partial charge in [-0.2, -0.15) is 5.10 Å². The lowest BCUT2D eigenvalue weighted by atomic mass is 10.2. The van der Waals surface area contributed by atoms with Crippen LogP contribution in [0.2, 0.25) is 0 Å². The molecule has 0 spiro atoms. The molecule has 0 radical (unpaired) electrons. The molecule has 1 aromatic carbocycles. The maximum atomic E-state index is 12.0. The van der Waals surface area contributed by atoms with Gasteiger partial charge in [-0.25, -0.2) is 10.4 Å². The first-order chi connectivity index (χ1) is 12.7. The van der Waals surface area contributed by atoms with E-state index in [4.69, 9.17) is 16.3 Å². The molecule has 1 saturated heterocycles. The van der Waals surface area contributed by atoms with Crippen LogP contribution in [0.15, 0.2) is 45.8 Å². The number of nitrogens with zero attached hydrogens (tertiary/aromatic N) is 3. The Bertz CT molecular complexity index is 785. The number of hydrogen-bond acceptors (Lipinski definition) is 6. The van der Waals surface area contributed by atoms with Crippen LogP contribution < -0.4 is 10.3 Å². The highest BCUT2D eigenvalue weighted by Crippen LogP contribution is 2.21. The Morgan fingerprint density at radius 3 is 2.88 bits per heavy atom. The monoisotopic (exact) mass is 390 g/mol. The highest BCUT2D eigenvalue weighted by atomic mass is 35.5. The number of anilines is 1. The van der Waals surface area contributed by atoms with Gasteiger partial charge in [-0.3, -0.25) is 4.79 Å². The lowest BCUT2D eigenvalue weighted by Crippen LogP contribution is -2.36. The summed E-state index contributed by atoms with van der Waals surface area (Å²) in [5, 5.41) is 7.14. The summed E-state index contributed by atoms with van der Waals surface area (Å²) < 4.78 is 5.33. The lowest BCUT2D eigenvalue weighted by molar-refractivity contribution is -0.120. The Labute approximate surface area is 161 Å². The number of nitrogens with one attached hydrogen (secondary N) is 1. The standard InChI is InChI=1S/C18H19ClN4O2S/c19-15(10-14-4-2-1-3-5-14)12-20-22-17(24)11-16-13-26-18(21-16)23-6-8-25-9-7-23/h1-5,10,12-13H,6-9,11H2,(H,22,24)/b15-10-,20-12-. The highest BCUT2D eigenvalue weighted by molar-refractivity contribution is 7.13. The van der Waals surface area contributed by atoms with Gasteiger partial charge in [-0.15, -0.1) is 11.3 Å². The Kier molecular flexibility index (Phi) is 6.76. The predicted octanol–water partition coefficient (Wildman–Crippen LogP) is 2.90. The third-order valence-electron chi connectivity index (χ3n) is 3.64. The van der Waals surface area contributed by atoms with Crippen LogP contribution in [0.1, 0.15) is 11.3 Å². The maximum Gasteiger partial charge on any atom is 0.246 e. The molecule has 1 amide bonds. The third-order valence-corrected chi connectivity index (χ3v) is 4.80. The molecule has 1 N–H and O–H groups in total. The van der Waals surface area contributed by atoms with Crippen molar-refractivity contribution in [2.45, 2.75) is 6.42 Å². The van der Waals surface area contributed by atoms with Crippen LogP contribution in [0.3, 0.4) is 0 Å². The molecule has 8 heteroatoms. The van der Waals surface area contributed by atoms with E-state index in [1.165, 1.54) is 17.6 Å². The van der Waals surface area contributed by atoms with Crippen LogP contribution >= 0.6 is 22.9 Å². The highest BCUT2D eigenvalue weighted by Gasteiger charge is 2.15. The van der Waals surface area contributed by atoms with Crippen molar-refractivity contribution in [2.24, 2.45) is 5.10 Å². The summed E-state index contributed by atoms with van der Waals surface area (Å²) in [5.41, 5.74) is 4.17. The molecular formula is C18H19ClN4O2S. The molecule has 6 nitrogen and oxygen atoms in total. The predicted molar refractivity (Wildman–Crippen MR) is 106 cm³/mol. The molecule has 2 aromatic rings. The first-order valence-electron chi connectivity index (χ1n) is 8.22. The van der Waals surface area contributed by atoms with Gasteiger partial charge in [0.15, 0.2) is 5.13 Å². The van der Waals surface area contributed by atoms with Crippen LogP contribution in [0, 0.1) is 0 Å². The zero-order chi connectivity index (χ0) is 18.2. The molecule has 1 aliphatic heterocycles. The van der Waals surface area contributed by atoms with Gasteiger partial charge in [0.2, 0.25) is 5.91 Å². The molecule has 0 atom stereocenters. The van der Waals surface area contributed by atoms with Crippen molar-refractivity contribution in [3.8, 4) is 0 Å². The zero-order valence-electron chi connectivity index (χ0n) is 14.1. The lowest BCUT2D eigenvalue weighted by Gasteiger charge is -2.26. The van der Waals surface area contributed by atoms with Crippen molar-refractivity contribution in [2.75, 3.05) is 31.2 Å². The van der Waals surface area contributed by atoms with Crippen LogP contribution in [-0.2, 0) is 16.0 Å². The van der Waals surface area contributed by atoms with E-state index < -0.39 is 0 Å². The van der Waals surface area contributed by atoms with Gasteiger partial charge in [0.25, 0.3) is 0 Å². The number of hydrazone groups is 1. The second kappa shape index (κ2) is 9.47. The van der Waals surface area contributed by atoms with Crippen molar-refractivity contribution in [3.63, 3.8) is 0 Å². The van der Waals surface area contributed by atoms with Crippen LogP contribution in [0.4, 0.5) is 5.13 Å². The molecule has 1 aromatic heterocycles. The summed E-state index contributed by atoms with van der Waals surface area (Å²) in [7, 11) is 0. The van der Waals surface area contributed by atoms with Gasteiger partial charge >= 0.3 is 0 Å². The summed E-state index contributed by atoms with van der Waals surface area (Å²) >= 11 is 7.62. The SMILES string of the molecule is O=C(Cc1csc(N2CCOCC2)n1)N/N=C\C(Cl)=C\c1ccccc1. The molecule has 1 aliphatic rings. The molecule has 0 bridgehead atoms. The molecule has 3 rings (SSSR count). The first kappa shape index (κ1) is 18.6. The fourth-order valence-corrected chi connectivity index (χ4v) is 3.45. The van der Waals surface area contributed by atoms with E-state index in [9.17, 15) is 4.79 Å². The Balaban J connectivity index is 1.48. The number of amides is 1.